The second-order valence-corrected chi connectivity index (χ2v) is 7.49. The highest BCUT2D eigenvalue weighted by atomic mass is 32.1. The molecule has 1 atom stereocenters. The summed E-state index contributed by atoms with van der Waals surface area (Å²) in [6, 6.07) is 4.52. The van der Waals surface area contributed by atoms with Crippen LogP contribution >= 0.6 is 11.3 Å². The van der Waals surface area contributed by atoms with E-state index in [1.807, 2.05) is 14.0 Å². The summed E-state index contributed by atoms with van der Waals surface area (Å²) in [5.41, 5.74) is 4.72. The van der Waals surface area contributed by atoms with E-state index in [1.54, 1.807) is 11.3 Å². The maximum absolute atomic E-state index is 4.80. The fraction of sp³-hybridized carbons (Fsp3) is 0.529. The Morgan fingerprint density at radius 1 is 1.19 bits per heavy atom. The molecule has 2 rings (SSSR count). The van der Waals surface area contributed by atoms with Crippen LogP contribution in [0.15, 0.2) is 17.5 Å². The van der Waals surface area contributed by atoms with Crippen molar-refractivity contribution in [2.24, 2.45) is 0 Å². The lowest BCUT2D eigenvalue weighted by atomic mass is 9.93. The zero-order valence-electron chi connectivity index (χ0n) is 13.8. The minimum absolute atomic E-state index is 0.116. The lowest BCUT2D eigenvalue weighted by molar-refractivity contribution is 0.558. The Labute approximate surface area is 131 Å². The highest BCUT2D eigenvalue weighted by molar-refractivity contribution is 7.09. The third-order valence-corrected chi connectivity index (χ3v) is 4.56. The van der Waals surface area contributed by atoms with E-state index in [9.17, 15) is 0 Å². The average Bonchev–Trinajstić information content (AvgIpc) is 2.85. The van der Waals surface area contributed by atoms with Gasteiger partial charge in [-0.3, -0.25) is 4.98 Å². The number of pyridine rings is 1. The normalized spacial score (nSPS) is 13.4. The molecule has 0 aliphatic heterocycles. The quantitative estimate of drug-likeness (QED) is 0.929. The predicted molar refractivity (Wildman–Crippen MR) is 90.0 cm³/mol. The monoisotopic (exact) mass is 303 g/mol. The van der Waals surface area contributed by atoms with Crippen molar-refractivity contribution < 1.29 is 0 Å². The van der Waals surface area contributed by atoms with Gasteiger partial charge in [0.2, 0.25) is 0 Å². The lowest BCUT2D eigenvalue weighted by Crippen LogP contribution is -2.20. The van der Waals surface area contributed by atoms with E-state index in [-0.39, 0.29) is 11.5 Å². The molecule has 0 aliphatic rings. The Bertz CT molecular complexity index is 611. The van der Waals surface area contributed by atoms with Crippen molar-refractivity contribution in [2.45, 2.75) is 52.5 Å². The van der Waals surface area contributed by atoms with Crippen LogP contribution in [0.3, 0.4) is 0 Å². The minimum atomic E-state index is 0.116. The fourth-order valence-corrected chi connectivity index (χ4v) is 3.42. The molecule has 0 amide bonds. The topological polar surface area (TPSA) is 37.8 Å². The second-order valence-electron chi connectivity index (χ2n) is 6.55. The zero-order chi connectivity index (χ0) is 15.6. The maximum atomic E-state index is 4.80. The highest BCUT2D eigenvalue weighted by Gasteiger charge is 2.20. The molecule has 0 aliphatic carbocycles. The molecule has 0 aromatic carbocycles. The molecule has 3 nitrogen and oxygen atoms in total. The smallest absolute Gasteiger partial charge is 0.0947 e. The SMILES string of the molecule is CNC(Cc1nc(C(C)(C)C)cs1)c1ccc(C)nc1C. The van der Waals surface area contributed by atoms with Crippen LogP contribution in [-0.2, 0) is 11.8 Å². The van der Waals surface area contributed by atoms with Gasteiger partial charge >= 0.3 is 0 Å². The summed E-state index contributed by atoms with van der Waals surface area (Å²) < 4.78 is 0. The van der Waals surface area contributed by atoms with Gasteiger partial charge in [-0.15, -0.1) is 11.3 Å². The van der Waals surface area contributed by atoms with Crippen LogP contribution in [0, 0.1) is 13.8 Å². The molecule has 0 radical (unpaired) electrons. The number of rotatable bonds is 4. The molecule has 4 heteroatoms. The molecule has 0 saturated carbocycles. The van der Waals surface area contributed by atoms with Crippen molar-refractivity contribution in [1.29, 1.82) is 0 Å². The third-order valence-electron chi connectivity index (χ3n) is 3.69. The van der Waals surface area contributed by atoms with Crippen molar-refractivity contribution in [3.63, 3.8) is 0 Å². The van der Waals surface area contributed by atoms with Crippen molar-refractivity contribution in [1.82, 2.24) is 15.3 Å². The van der Waals surface area contributed by atoms with Gasteiger partial charge in [0.1, 0.15) is 0 Å². The number of thiazole rings is 1. The lowest BCUT2D eigenvalue weighted by Gasteiger charge is -2.18. The number of aromatic nitrogens is 2. The first kappa shape index (κ1) is 16.1. The van der Waals surface area contributed by atoms with Crippen LogP contribution in [0.25, 0.3) is 0 Å². The minimum Gasteiger partial charge on any atom is -0.313 e. The molecule has 0 spiro atoms. The molecule has 2 aromatic rings. The van der Waals surface area contributed by atoms with Gasteiger partial charge in [-0.25, -0.2) is 4.98 Å². The first-order valence-corrected chi connectivity index (χ1v) is 8.25. The van der Waals surface area contributed by atoms with Crippen LogP contribution < -0.4 is 5.32 Å². The molecular formula is C17H25N3S. The van der Waals surface area contributed by atoms with E-state index in [0.29, 0.717) is 0 Å². The van der Waals surface area contributed by atoms with E-state index in [1.165, 1.54) is 16.3 Å². The fourth-order valence-electron chi connectivity index (χ4n) is 2.36. The molecule has 0 fully saturated rings. The molecule has 1 N–H and O–H groups in total. The summed E-state index contributed by atoms with van der Waals surface area (Å²) in [5, 5.41) is 6.76. The summed E-state index contributed by atoms with van der Waals surface area (Å²) in [6.45, 7) is 10.7. The van der Waals surface area contributed by atoms with Crippen LogP contribution in [-0.4, -0.2) is 17.0 Å². The van der Waals surface area contributed by atoms with Gasteiger partial charge in [0, 0.05) is 34.6 Å². The molecule has 114 valence electrons. The number of nitrogens with zero attached hydrogens (tertiary/aromatic N) is 2. The van der Waals surface area contributed by atoms with Gasteiger partial charge in [0.25, 0.3) is 0 Å². The largest absolute Gasteiger partial charge is 0.313 e. The van der Waals surface area contributed by atoms with Gasteiger partial charge in [-0.1, -0.05) is 26.8 Å². The Kier molecular flexibility index (Phi) is 4.79. The summed E-state index contributed by atoms with van der Waals surface area (Å²) in [7, 11) is 2.00. The summed E-state index contributed by atoms with van der Waals surface area (Å²) in [5.74, 6) is 0. The average molecular weight is 303 g/mol. The predicted octanol–water partition coefficient (Wildman–Crippen LogP) is 3.96. The Hall–Kier alpha value is -1.26. The van der Waals surface area contributed by atoms with Crippen LogP contribution in [0.1, 0.15) is 54.5 Å². The van der Waals surface area contributed by atoms with E-state index in [4.69, 9.17) is 4.98 Å². The van der Waals surface area contributed by atoms with Gasteiger partial charge in [0.15, 0.2) is 0 Å². The number of aryl methyl sites for hydroxylation is 2. The number of likely N-dealkylation sites (N-methyl/N-ethyl adjacent to an activating group) is 1. The molecule has 1 unspecified atom stereocenters. The molecular weight excluding hydrogens is 278 g/mol. The molecule has 0 bridgehead atoms. The Morgan fingerprint density at radius 3 is 2.43 bits per heavy atom. The number of hydrogen-bond donors (Lipinski definition) is 1. The first-order chi connectivity index (χ1) is 9.81. The molecule has 2 aromatic heterocycles. The number of nitrogens with one attached hydrogen (secondary N) is 1. The van der Waals surface area contributed by atoms with E-state index >= 15 is 0 Å². The third kappa shape index (κ3) is 3.89. The maximum Gasteiger partial charge on any atom is 0.0947 e. The van der Waals surface area contributed by atoms with Gasteiger partial charge in [-0.05, 0) is 32.5 Å². The van der Waals surface area contributed by atoms with E-state index < -0.39 is 0 Å². The van der Waals surface area contributed by atoms with Crippen molar-refractivity contribution in [3.05, 3.63) is 45.2 Å². The summed E-state index contributed by atoms with van der Waals surface area (Å²) in [6.07, 6.45) is 0.906. The van der Waals surface area contributed by atoms with E-state index in [2.05, 4.69) is 55.5 Å². The second kappa shape index (κ2) is 6.24. The first-order valence-electron chi connectivity index (χ1n) is 7.37. The zero-order valence-corrected chi connectivity index (χ0v) is 14.6. The summed E-state index contributed by atoms with van der Waals surface area (Å²) >= 11 is 1.75. The van der Waals surface area contributed by atoms with Gasteiger partial charge in [0.05, 0.1) is 10.7 Å². The highest BCUT2D eigenvalue weighted by Crippen LogP contribution is 2.27. The number of hydrogen-bond acceptors (Lipinski definition) is 4. The van der Waals surface area contributed by atoms with E-state index in [0.717, 1.165) is 17.8 Å². The van der Waals surface area contributed by atoms with Crippen molar-refractivity contribution in [3.8, 4) is 0 Å². The van der Waals surface area contributed by atoms with Gasteiger partial charge in [-0.2, -0.15) is 0 Å². The molecule has 2 heterocycles. The van der Waals surface area contributed by atoms with Gasteiger partial charge < -0.3 is 5.32 Å². The summed E-state index contributed by atoms with van der Waals surface area (Å²) in [4.78, 5) is 9.37. The van der Waals surface area contributed by atoms with Crippen LogP contribution in [0.5, 0.6) is 0 Å². The molecule has 21 heavy (non-hydrogen) atoms. The van der Waals surface area contributed by atoms with Crippen molar-refractivity contribution >= 4 is 11.3 Å². The standard InChI is InChI=1S/C17H25N3S/c1-11-7-8-13(12(2)19-11)14(18-6)9-16-20-15(10-21-16)17(3,4)5/h7-8,10,14,18H,9H2,1-6H3. The molecule has 0 saturated heterocycles. The van der Waals surface area contributed by atoms with Crippen LogP contribution in [0.2, 0.25) is 0 Å². The van der Waals surface area contributed by atoms with Crippen molar-refractivity contribution in [2.75, 3.05) is 7.05 Å². The Morgan fingerprint density at radius 2 is 1.90 bits per heavy atom. The van der Waals surface area contributed by atoms with Crippen LogP contribution in [0.4, 0.5) is 0 Å². The Balaban J connectivity index is 2.21.